The van der Waals surface area contributed by atoms with E-state index in [0.29, 0.717) is 35.3 Å². The Morgan fingerprint density at radius 1 is 1.07 bits per heavy atom. The molecule has 0 aliphatic heterocycles. The summed E-state index contributed by atoms with van der Waals surface area (Å²) in [7, 11) is 3.06. The van der Waals surface area contributed by atoms with Crippen LogP contribution in [0.2, 0.25) is 0 Å². The first-order chi connectivity index (χ1) is 14.0. The largest absolute Gasteiger partial charge is 0.493 e. The van der Waals surface area contributed by atoms with E-state index in [2.05, 4.69) is 17.4 Å². The number of carboxylic acids is 1. The molecule has 3 rings (SSSR count). The molecule has 0 heterocycles. The number of hydrogen-bond donors (Lipinski definition) is 2. The van der Waals surface area contributed by atoms with Gasteiger partial charge in [-0.25, -0.2) is 0 Å². The number of carboxylic acid groups (broad SMARTS) is 1. The van der Waals surface area contributed by atoms with Crippen molar-refractivity contribution in [2.24, 2.45) is 5.92 Å². The molecule has 0 spiro atoms. The van der Waals surface area contributed by atoms with Crippen LogP contribution >= 0.6 is 0 Å². The lowest BCUT2D eigenvalue weighted by Gasteiger charge is -2.35. The molecule has 0 bridgehead atoms. The molecule has 1 aliphatic carbocycles. The molecule has 0 radical (unpaired) electrons. The fourth-order valence-electron chi connectivity index (χ4n) is 3.91. The Morgan fingerprint density at radius 3 is 2.38 bits per heavy atom. The maximum Gasteiger partial charge on any atom is 0.305 e. The molecule has 29 heavy (non-hydrogen) atoms. The molecule has 0 saturated heterocycles. The van der Waals surface area contributed by atoms with Crippen molar-refractivity contribution >= 4 is 11.9 Å². The van der Waals surface area contributed by atoms with E-state index >= 15 is 0 Å². The first kappa shape index (κ1) is 20.7. The van der Waals surface area contributed by atoms with Crippen LogP contribution in [0.4, 0.5) is 0 Å². The Hall–Kier alpha value is -3.02. The Morgan fingerprint density at radius 2 is 1.76 bits per heavy atom. The second kappa shape index (κ2) is 9.45. The average molecular weight is 397 g/mol. The smallest absolute Gasteiger partial charge is 0.305 e. The van der Waals surface area contributed by atoms with Crippen LogP contribution in [0.5, 0.6) is 11.5 Å². The van der Waals surface area contributed by atoms with Gasteiger partial charge in [0, 0.05) is 6.42 Å². The second-order valence-corrected chi connectivity index (χ2v) is 7.48. The topological polar surface area (TPSA) is 84.9 Å². The number of aliphatic carboxylic acids is 1. The monoisotopic (exact) mass is 397 g/mol. The van der Waals surface area contributed by atoms with Gasteiger partial charge in [-0.2, -0.15) is 0 Å². The Balaban J connectivity index is 1.60. The van der Waals surface area contributed by atoms with Crippen LogP contribution in [0.3, 0.4) is 0 Å². The van der Waals surface area contributed by atoms with Gasteiger partial charge >= 0.3 is 5.97 Å². The molecule has 2 aromatic carbocycles. The highest BCUT2D eigenvalue weighted by Crippen LogP contribution is 2.43. The van der Waals surface area contributed by atoms with E-state index in [1.807, 2.05) is 18.2 Å². The van der Waals surface area contributed by atoms with Crippen LogP contribution < -0.4 is 14.8 Å². The van der Waals surface area contributed by atoms with Crippen molar-refractivity contribution < 1.29 is 24.2 Å². The van der Waals surface area contributed by atoms with E-state index in [0.717, 1.165) is 12.8 Å². The molecule has 6 heteroatoms. The number of amides is 1. The van der Waals surface area contributed by atoms with E-state index in [1.54, 1.807) is 18.2 Å². The number of ether oxygens (including phenoxy) is 2. The molecule has 2 N–H and O–H groups in total. The molecule has 1 fully saturated rings. The zero-order valence-electron chi connectivity index (χ0n) is 16.8. The molecule has 1 amide bonds. The lowest BCUT2D eigenvalue weighted by Crippen LogP contribution is -2.34. The lowest BCUT2D eigenvalue weighted by molar-refractivity contribution is -0.137. The van der Waals surface area contributed by atoms with E-state index < -0.39 is 12.0 Å². The number of hydrogen-bond acceptors (Lipinski definition) is 4. The molecule has 1 unspecified atom stereocenters. The molecular weight excluding hydrogens is 370 g/mol. The number of nitrogens with one attached hydrogen (secondary N) is 1. The molecule has 1 aliphatic rings. The van der Waals surface area contributed by atoms with Crippen molar-refractivity contribution in [2.45, 2.75) is 37.6 Å². The number of carbonyl (C=O) groups excluding carboxylic acids is 1. The normalized spacial score (nSPS) is 19.0. The number of rotatable bonds is 9. The third-order valence-corrected chi connectivity index (χ3v) is 5.50. The van der Waals surface area contributed by atoms with Crippen LogP contribution in [0.15, 0.2) is 48.5 Å². The summed E-state index contributed by atoms with van der Waals surface area (Å²) in [6.45, 7) is 0. The van der Waals surface area contributed by atoms with E-state index in [-0.39, 0.29) is 12.3 Å². The summed E-state index contributed by atoms with van der Waals surface area (Å²) in [5.41, 5.74) is 1.99. The SMILES string of the molecule is COc1ccc(C(CC(=O)O)NC(=O)CC2CC(c3ccccc3)C2)cc1OC. The maximum atomic E-state index is 12.6. The predicted molar refractivity (Wildman–Crippen MR) is 109 cm³/mol. The number of carbonyl (C=O) groups is 2. The zero-order chi connectivity index (χ0) is 20.8. The van der Waals surface area contributed by atoms with Crippen molar-refractivity contribution in [1.29, 1.82) is 0 Å². The van der Waals surface area contributed by atoms with Gasteiger partial charge in [0.2, 0.25) is 5.91 Å². The van der Waals surface area contributed by atoms with Gasteiger partial charge in [-0.15, -0.1) is 0 Å². The zero-order valence-corrected chi connectivity index (χ0v) is 16.8. The molecule has 154 valence electrons. The molecule has 2 aromatic rings. The minimum absolute atomic E-state index is 0.123. The highest BCUT2D eigenvalue weighted by Gasteiger charge is 2.32. The average Bonchev–Trinajstić information content (AvgIpc) is 2.69. The van der Waals surface area contributed by atoms with Crippen molar-refractivity contribution in [3.63, 3.8) is 0 Å². The van der Waals surface area contributed by atoms with Gasteiger partial charge in [0.05, 0.1) is 26.7 Å². The maximum absolute atomic E-state index is 12.6. The highest BCUT2D eigenvalue weighted by atomic mass is 16.5. The summed E-state index contributed by atoms with van der Waals surface area (Å²) in [6.07, 6.45) is 2.18. The summed E-state index contributed by atoms with van der Waals surface area (Å²) in [5, 5.41) is 12.2. The fourth-order valence-corrected chi connectivity index (χ4v) is 3.91. The summed E-state index contributed by atoms with van der Waals surface area (Å²) in [5.74, 6) is 0.795. The van der Waals surface area contributed by atoms with Gasteiger partial charge in [0.25, 0.3) is 0 Å². The van der Waals surface area contributed by atoms with Crippen LogP contribution in [-0.2, 0) is 9.59 Å². The number of methoxy groups -OCH3 is 2. The predicted octanol–water partition coefficient (Wildman–Crippen LogP) is 3.92. The third kappa shape index (κ3) is 5.28. The van der Waals surface area contributed by atoms with Crippen molar-refractivity contribution in [1.82, 2.24) is 5.32 Å². The molecule has 1 saturated carbocycles. The van der Waals surface area contributed by atoms with E-state index in [1.165, 1.54) is 19.8 Å². The van der Waals surface area contributed by atoms with Gasteiger partial charge < -0.3 is 19.9 Å². The quantitative estimate of drug-likeness (QED) is 0.670. The Labute approximate surface area is 170 Å². The summed E-state index contributed by atoms with van der Waals surface area (Å²) < 4.78 is 10.5. The molecule has 6 nitrogen and oxygen atoms in total. The third-order valence-electron chi connectivity index (χ3n) is 5.50. The summed E-state index contributed by atoms with van der Waals surface area (Å²) in [4.78, 5) is 23.9. The first-order valence-corrected chi connectivity index (χ1v) is 9.78. The number of benzene rings is 2. The van der Waals surface area contributed by atoms with E-state index in [9.17, 15) is 14.7 Å². The fraction of sp³-hybridized carbons (Fsp3) is 0.391. The van der Waals surface area contributed by atoms with Gasteiger partial charge in [0.1, 0.15) is 0 Å². The van der Waals surface area contributed by atoms with Gasteiger partial charge in [0.15, 0.2) is 11.5 Å². The molecule has 0 aromatic heterocycles. The standard InChI is InChI=1S/C23H27NO5/c1-28-20-9-8-17(13-21(20)29-2)19(14-23(26)27)24-22(25)12-15-10-18(11-15)16-6-4-3-5-7-16/h3-9,13,15,18-19H,10-12,14H2,1-2H3,(H,24,25)(H,26,27). The van der Waals surface area contributed by atoms with E-state index in [4.69, 9.17) is 9.47 Å². The Kier molecular flexibility index (Phi) is 6.75. The lowest BCUT2D eigenvalue weighted by atomic mass is 9.70. The van der Waals surface area contributed by atoms with Gasteiger partial charge in [-0.1, -0.05) is 36.4 Å². The van der Waals surface area contributed by atoms with Crippen molar-refractivity contribution in [3.8, 4) is 11.5 Å². The van der Waals surface area contributed by atoms with Crippen molar-refractivity contribution in [2.75, 3.05) is 14.2 Å². The van der Waals surface area contributed by atoms with Crippen molar-refractivity contribution in [3.05, 3.63) is 59.7 Å². The van der Waals surface area contributed by atoms with Crippen LogP contribution in [0, 0.1) is 5.92 Å². The minimum atomic E-state index is -0.974. The minimum Gasteiger partial charge on any atom is -0.493 e. The first-order valence-electron chi connectivity index (χ1n) is 9.78. The Bertz CT molecular complexity index is 846. The second-order valence-electron chi connectivity index (χ2n) is 7.48. The highest BCUT2D eigenvalue weighted by molar-refractivity contribution is 5.78. The summed E-state index contributed by atoms with van der Waals surface area (Å²) in [6, 6.07) is 14.9. The van der Waals surface area contributed by atoms with Crippen LogP contribution in [0.25, 0.3) is 0 Å². The van der Waals surface area contributed by atoms with Gasteiger partial charge in [-0.3, -0.25) is 9.59 Å². The van der Waals surface area contributed by atoms with Crippen LogP contribution in [-0.4, -0.2) is 31.2 Å². The molecular formula is C23H27NO5. The summed E-state index contributed by atoms with van der Waals surface area (Å²) >= 11 is 0. The van der Waals surface area contributed by atoms with Crippen LogP contribution in [0.1, 0.15) is 48.8 Å². The van der Waals surface area contributed by atoms with Gasteiger partial charge in [-0.05, 0) is 47.9 Å². The molecule has 1 atom stereocenters.